The number of nitro groups is 1. The lowest BCUT2D eigenvalue weighted by atomic mass is 10.3. The summed E-state index contributed by atoms with van der Waals surface area (Å²) in [5.41, 5.74) is 1.09. The molecule has 0 radical (unpaired) electrons. The molecule has 0 amide bonds. The van der Waals surface area contributed by atoms with Crippen LogP contribution in [0.4, 0.5) is 11.4 Å². The van der Waals surface area contributed by atoms with Gasteiger partial charge in [0.05, 0.1) is 4.92 Å². The first-order valence-electron chi connectivity index (χ1n) is 8.06. The van der Waals surface area contributed by atoms with Crippen molar-refractivity contribution in [2.24, 2.45) is 0 Å². The molecule has 1 aliphatic rings. The molecule has 2 heterocycles. The third-order valence-electron chi connectivity index (χ3n) is 4.26. The highest BCUT2D eigenvalue weighted by molar-refractivity contribution is 5.48. The fourth-order valence-electron chi connectivity index (χ4n) is 2.78. The molecule has 9 heteroatoms. The molecule has 128 valence electrons. The van der Waals surface area contributed by atoms with E-state index >= 15 is 0 Å². The van der Waals surface area contributed by atoms with Crippen LogP contribution >= 0.6 is 0 Å². The summed E-state index contributed by atoms with van der Waals surface area (Å²) in [6.07, 6.45) is 6.28. The number of rotatable bonds is 6. The fourth-order valence-corrected chi connectivity index (χ4v) is 2.78. The largest absolute Gasteiger partial charge is 0.385 e. The SMILES string of the molecule is O=c1c2nnc(CCNc3ccc([N+](=O)[O-])cc3)n2ccn1C1CC1. The Hall–Kier alpha value is -3.23. The minimum atomic E-state index is -0.430. The predicted octanol–water partition coefficient (Wildman–Crippen LogP) is 1.79. The van der Waals surface area contributed by atoms with Crippen LogP contribution in [0.5, 0.6) is 0 Å². The molecule has 0 saturated heterocycles. The standard InChI is InChI=1S/C16H16N6O3/c23-16-15-19-18-14(21(15)10-9-20(16)12-5-6-12)7-8-17-11-1-3-13(4-2-11)22(24)25/h1-4,9-10,12,17H,5-8H2. The number of hydrogen-bond donors (Lipinski definition) is 1. The topological polar surface area (TPSA) is 107 Å². The van der Waals surface area contributed by atoms with Gasteiger partial charge in [0, 0.05) is 49.2 Å². The summed E-state index contributed by atoms with van der Waals surface area (Å²) in [6, 6.07) is 6.54. The van der Waals surface area contributed by atoms with Crippen LogP contribution < -0.4 is 10.9 Å². The predicted molar refractivity (Wildman–Crippen MR) is 90.8 cm³/mol. The summed E-state index contributed by atoms with van der Waals surface area (Å²) in [5.74, 6) is 0.699. The van der Waals surface area contributed by atoms with E-state index in [0.717, 1.165) is 18.5 Å². The van der Waals surface area contributed by atoms with Crippen molar-refractivity contribution < 1.29 is 4.92 Å². The van der Waals surface area contributed by atoms with Gasteiger partial charge in [-0.1, -0.05) is 0 Å². The van der Waals surface area contributed by atoms with E-state index in [-0.39, 0.29) is 11.2 Å². The first-order valence-corrected chi connectivity index (χ1v) is 8.06. The van der Waals surface area contributed by atoms with E-state index in [1.807, 2.05) is 6.20 Å². The summed E-state index contributed by atoms with van der Waals surface area (Å²) >= 11 is 0. The van der Waals surface area contributed by atoms with E-state index in [1.54, 1.807) is 27.3 Å². The molecule has 0 atom stereocenters. The maximum Gasteiger partial charge on any atom is 0.296 e. The summed E-state index contributed by atoms with van der Waals surface area (Å²) in [7, 11) is 0. The monoisotopic (exact) mass is 340 g/mol. The van der Waals surface area contributed by atoms with Gasteiger partial charge in [-0.15, -0.1) is 10.2 Å². The molecule has 2 aromatic heterocycles. The Bertz CT molecular complexity index is 987. The zero-order valence-corrected chi connectivity index (χ0v) is 13.3. The highest BCUT2D eigenvalue weighted by Gasteiger charge is 2.25. The molecule has 9 nitrogen and oxygen atoms in total. The molecule has 0 unspecified atom stereocenters. The Morgan fingerprint density at radius 1 is 1.20 bits per heavy atom. The van der Waals surface area contributed by atoms with E-state index < -0.39 is 4.92 Å². The average Bonchev–Trinajstić information content (AvgIpc) is 3.36. The molecule has 4 rings (SSSR count). The molecule has 25 heavy (non-hydrogen) atoms. The first-order chi connectivity index (χ1) is 12.1. The number of non-ortho nitro benzene ring substituents is 1. The number of anilines is 1. The normalized spacial score (nSPS) is 13.9. The number of nitrogens with zero attached hydrogens (tertiary/aromatic N) is 5. The van der Waals surface area contributed by atoms with E-state index in [4.69, 9.17) is 0 Å². The van der Waals surface area contributed by atoms with Crippen molar-refractivity contribution in [2.45, 2.75) is 25.3 Å². The van der Waals surface area contributed by atoms with Crippen LogP contribution in [0.2, 0.25) is 0 Å². The molecule has 0 bridgehead atoms. The van der Waals surface area contributed by atoms with Crippen molar-refractivity contribution in [1.29, 1.82) is 0 Å². The van der Waals surface area contributed by atoms with E-state index in [1.165, 1.54) is 12.1 Å². The molecule has 1 fully saturated rings. The van der Waals surface area contributed by atoms with Gasteiger partial charge < -0.3 is 9.88 Å². The second-order valence-electron chi connectivity index (χ2n) is 6.03. The van der Waals surface area contributed by atoms with Gasteiger partial charge in [0.1, 0.15) is 5.82 Å². The number of aromatic nitrogens is 4. The average molecular weight is 340 g/mol. The molecule has 1 aromatic carbocycles. The van der Waals surface area contributed by atoms with E-state index in [0.29, 0.717) is 30.5 Å². The van der Waals surface area contributed by atoms with Crippen LogP contribution in [0.25, 0.3) is 5.65 Å². The van der Waals surface area contributed by atoms with E-state index in [2.05, 4.69) is 15.5 Å². The van der Waals surface area contributed by atoms with Crippen molar-refractivity contribution >= 4 is 17.0 Å². The number of fused-ring (bicyclic) bond motifs is 1. The third kappa shape index (κ3) is 2.95. The molecule has 0 spiro atoms. The third-order valence-corrected chi connectivity index (χ3v) is 4.26. The summed E-state index contributed by atoms with van der Waals surface area (Å²) in [6.45, 7) is 0.574. The summed E-state index contributed by atoms with van der Waals surface area (Å²) in [5, 5.41) is 22.0. The quantitative estimate of drug-likeness (QED) is 0.541. The van der Waals surface area contributed by atoms with Crippen LogP contribution in [0, 0.1) is 10.1 Å². The van der Waals surface area contributed by atoms with Gasteiger partial charge in [-0.3, -0.25) is 19.3 Å². The summed E-state index contributed by atoms with van der Waals surface area (Å²) in [4.78, 5) is 22.6. The molecular weight excluding hydrogens is 324 g/mol. The second kappa shape index (κ2) is 6.00. The number of benzene rings is 1. The fraction of sp³-hybridized carbons (Fsp3) is 0.312. The zero-order valence-electron chi connectivity index (χ0n) is 13.3. The first kappa shape index (κ1) is 15.3. The van der Waals surface area contributed by atoms with Gasteiger partial charge in [0.25, 0.3) is 11.2 Å². The number of hydrogen-bond acceptors (Lipinski definition) is 6. The maximum atomic E-state index is 12.4. The smallest absolute Gasteiger partial charge is 0.296 e. The minimum absolute atomic E-state index is 0.0564. The lowest BCUT2D eigenvalue weighted by molar-refractivity contribution is -0.384. The van der Waals surface area contributed by atoms with Crippen LogP contribution in [-0.4, -0.2) is 30.6 Å². The van der Waals surface area contributed by atoms with Crippen molar-refractivity contribution in [2.75, 3.05) is 11.9 Å². The molecule has 3 aromatic rings. The molecule has 1 N–H and O–H groups in total. The Kier molecular flexibility index (Phi) is 3.68. The Morgan fingerprint density at radius 2 is 1.96 bits per heavy atom. The zero-order chi connectivity index (χ0) is 17.4. The van der Waals surface area contributed by atoms with Crippen LogP contribution in [0.15, 0.2) is 41.5 Å². The van der Waals surface area contributed by atoms with Crippen LogP contribution in [0.1, 0.15) is 24.7 Å². The van der Waals surface area contributed by atoms with Gasteiger partial charge in [-0.05, 0) is 25.0 Å². The second-order valence-corrected chi connectivity index (χ2v) is 6.03. The number of nitro benzene ring substituents is 1. The van der Waals surface area contributed by atoms with E-state index in [9.17, 15) is 14.9 Å². The van der Waals surface area contributed by atoms with Crippen molar-refractivity contribution in [1.82, 2.24) is 19.2 Å². The van der Waals surface area contributed by atoms with Crippen molar-refractivity contribution in [3.63, 3.8) is 0 Å². The van der Waals surface area contributed by atoms with Crippen molar-refractivity contribution in [3.8, 4) is 0 Å². The van der Waals surface area contributed by atoms with Gasteiger partial charge in [0.15, 0.2) is 0 Å². The minimum Gasteiger partial charge on any atom is -0.385 e. The highest BCUT2D eigenvalue weighted by Crippen LogP contribution is 2.33. The van der Waals surface area contributed by atoms with Crippen LogP contribution in [-0.2, 0) is 6.42 Å². The maximum absolute atomic E-state index is 12.4. The highest BCUT2D eigenvalue weighted by atomic mass is 16.6. The molecule has 1 aliphatic carbocycles. The van der Waals surface area contributed by atoms with Gasteiger partial charge in [-0.2, -0.15) is 0 Å². The number of nitrogens with one attached hydrogen (secondary N) is 1. The lowest BCUT2D eigenvalue weighted by Crippen LogP contribution is -2.21. The van der Waals surface area contributed by atoms with Crippen LogP contribution in [0.3, 0.4) is 0 Å². The van der Waals surface area contributed by atoms with Crippen molar-refractivity contribution in [3.05, 3.63) is 63.0 Å². The summed E-state index contributed by atoms with van der Waals surface area (Å²) < 4.78 is 3.45. The van der Waals surface area contributed by atoms with Gasteiger partial charge in [0.2, 0.25) is 5.65 Å². The Morgan fingerprint density at radius 3 is 2.64 bits per heavy atom. The molecule has 1 saturated carbocycles. The Labute approximate surface area is 142 Å². The molecule has 0 aliphatic heterocycles. The molecular formula is C16H16N6O3. The van der Waals surface area contributed by atoms with Gasteiger partial charge in [-0.25, -0.2) is 0 Å². The Balaban J connectivity index is 1.45. The van der Waals surface area contributed by atoms with Gasteiger partial charge >= 0.3 is 0 Å². The lowest BCUT2D eigenvalue weighted by Gasteiger charge is -2.06.